The fourth-order valence-corrected chi connectivity index (χ4v) is 2.61. The van der Waals surface area contributed by atoms with Gasteiger partial charge in [0, 0.05) is 18.2 Å². The minimum atomic E-state index is -1.19. The van der Waals surface area contributed by atoms with Crippen LogP contribution in [0.2, 0.25) is 0 Å². The number of amides is 1. The topological polar surface area (TPSA) is 86.6 Å². The molecule has 0 bridgehead atoms. The van der Waals surface area contributed by atoms with Gasteiger partial charge in [0.25, 0.3) is 0 Å². The highest BCUT2D eigenvalue weighted by Crippen LogP contribution is 2.22. The van der Waals surface area contributed by atoms with Crippen molar-refractivity contribution >= 4 is 17.6 Å². The van der Waals surface area contributed by atoms with Crippen LogP contribution in [0.1, 0.15) is 81.5 Å². The molecular formula is C19H29NO4. The highest BCUT2D eigenvalue weighted by Gasteiger charge is 2.10. The van der Waals surface area contributed by atoms with Crippen molar-refractivity contribution in [3.63, 3.8) is 0 Å². The standard InChI is InChI=1S/C19H29NO4/c1-2-3-4-5-6-7-8-9-10-11-18(22)20-15-12-13-16(19(23)24)17(21)14-15/h12-14,21H,2-11H2,1H3,(H,20,22)(H,23,24). The summed E-state index contributed by atoms with van der Waals surface area (Å²) in [6.07, 6.45) is 11.2. The van der Waals surface area contributed by atoms with Crippen molar-refractivity contribution in [3.8, 4) is 5.75 Å². The van der Waals surface area contributed by atoms with Crippen molar-refractivity contribution in [2.24, 2.45) is 0 Å². The van der Waals surface area contributed by atoms with E-state index in [9.17, 15) is 14.7 Å². The number of phenols is 1. The normalized spacial score (nSPS) is 10.5. The molecule has 0 aliphatic rings. The van der Waals surface area contributed by atoms with E-state index < -0.39 is 5.97 Å². The predicted octanol–water partition coefficient (Wildman–Crippen LogP) is 4.95. The Morgan fingerprint density at radius 1 is 0.958 bits per heavy atom. The monoisotopic (exact) mass is 335 g/mol. The maximum atomic E-state index is 11.8. The molecule has 0 aliphatic heterocycles. The first kappa shape index (κ1) is 20.0. The minimum absolute atomic E-state index is 0.111. The van der Waals surface area contributed by atoms with E-state index in [0.29, 0.717) is 12.1 Å². The summed E-state index contributed by atoms with van der Waals surface area (Å²) in [6, 6.07) is 4.03. The third-order valence-electron chi connectivity index (χ3n) is 4.02. The fraction of sp³-hybridized carbons (Fsp3) is 0.579. The molecule has 1 amide bonds. The van der Waals surface area contributed by atoms with Gasteiger partial charge in [0.15, 0.2) is 0 Å². The summed E-state index contributed by atoms with van der Waals surface area (Å²) in [7, 11) is 0. The summed E-state index contributed by atoms with van der Waals surface area (Å²) < 4.78 is 0. The zero-order valence-electron chi connectivity index (χ0n) is 14.5. The Morgan fingerprint density at radius 2 is 1.54 bits per heavy atom. The third kappa shape index (κ3) is 7.99. The minimum Gasteiger partial charge on any atom is -0.507 e. The van der Waals surface area contributed by atoms with Gasteiger partial charge in [0.05, 0.1) is 0 Å². The van der Waals surface area contributed by atoms with Gasteiger partial charge in [0.1, 0.15) is 11.3 Å². The van der Waals surface area contributed by atoms with Crippen LogP contribution >= 0.6 is 0 Å². The van der Waals surface area contributed by atoms with Gasteiger partial charge in [-0.3, -0.25) is 4.79 Å². The number of aromatic hydroxyl groups is 1. The van der Waals surface area contributed by atoms with E-state index in [0.717, 1.165) is 19.3 Å². The second-order valence-electron chi connectivity index (χ2n) is 6.16. The molecule has 0 fully saturated rings. The molecule has 1 rings (SSSR count). The van der Waals surface area contributed by atoms with E-state index in [1.54, 1.807) is 0 Å². The van der Waals surface area contributed by atoms with Crippen LogP contribution in [0.3, 0.4) is 0 Å². The number of anilines is 1. The summed E-state index contributed by atoms with van der Waals surface area (Å²) in [4.78, 5) is 22.6. The van der Waals surface area contributed by atoms with Gasteiger partial charge in [-0.15, -0.1) is 0 Å². The lowest BCUT2D eigenvalue weighted by Gasteiger charge is -2.07. The number of carbonyl (C=O) groups is 2. The van der Waals surface area contributed by atoms with Crippen molar-refractivity contribution in [1.82, 2.24) is 0 Å². The zero-order valence-corrected chi connectivity index (χ0v) is 14.5. The summed E-state index contributed by atoms with van der Waals surface area (Å²) in [5.41, 5.74) is 0.241. The first-order valence-electron chi connectivity index (χ1n) is 8.90. The van der Waals surface area contributed by atoms with Crippen molar-refractivity contribution in [2.45, 2.75) is 71.1 Å². The molecule has 0 atom stereocenters. The Kier molecular flexibility index (Phi) is 9.58. The van der Waals surface area contributed by atoms with Crippen molar-refractivity contribution in [1.29, 1.82) is 0 Å². The Morgan fingerprint density at radius 3 is 2.08 bits per heavy atom. The molecule has 0 radical (unpaired) electrons. The fourth-order valence-electron chi connectivity index (χ4n) is 2.61. The summed E-state index contributed by atoms with van der Waals surface area (Å²) in [6.45, 7) is 2.22. The second-order valence-corrected chi connectivity index (χ2v) is 6.16. The number of hydrogen-bond donors (Lipinski definition) is 3. The van der Waals surface area contributed by atoms with Crippen LogP contribution in [0.5, 0.6) is 5.75 Å². The molecular weight excluding hydrogens is 306 g/mol. The molecule has 1 aromatic rings. The van der Waals surface area contributed by atoms with Crippen LogP contribution in [0.15, 0.2) is 18.2 Å². The number of benzene rings is 1. The maximum absolute atomic E-state index is 11.8. The van der Waals surface area contributed by atoms with Gasteiger partial charge in [0.2, 0.25) is 5.91 Å². The van der Waals surface area contributed by atoms with Crippen LogP contribution in [-0.4, -0.2) is 22.1 Å². The average molecular weight is 335 g/mol. The summed E-state index contributed by atoms with van der Waals surface area (Å²) >= 11 is 0. The van der Waals surface area contributed by atoms with Gasteiger partial charge in [-0.1, -0.05) is 58.3 Å². The van der Waals surface area contributed by atoms with Gasteiger partial charge in [-0.25, -0.2) is 4.79 Å². The number of aromatic carboxylic acids is 1. The summed E-state index contributed by atoms with van der Waals surface area (Å²) in [5, 5.41) is 21.1. The van der Waals surface area contributed by atoms with Crippen LogP contribution in [0.4, 0.5) is 5.69 Å². The average Bonchev–Trinajstić information content (AvgIpc) is 2.53. The largest absolute Gasteiger partial charge is 0.507 e. The van der Waals surface area contributed by atoms with E-state index in [-0.39, 0.29) is 17.2 Å². The van der Waals surface area contributed by atoms with E-state index >= 15 is 0 Å². The molecule has 1 aromatic carbocycles. The van der Waals surface area contributed by atoms with E-state index in [4.69, 9.17) is 5.11 Å². The third-order valence-corrected chi connectivity index (χ3v) is 4.02. The molecule has 5 heteroatoms. The Labute approximate surface area is 144 Å². The Balaban J connectivity index is 2.16. The molecule has 3 N–H and O–H groups in total. The van der Waals surface area contributed by atoms with Gasteiger partial charge < -0.3 is 15.5 Å². The first-order chi connectivity index (χ1) is 11.5. The number of carboxylic acid groups (broad SMARTS) is 1. The highest BCUT2D eigenvalue weighted by atomic mass is 16.4. The molecule has 0 unspecified atom stereocenters. The molecule has 0 heterocycles. The number of rotatable bonds is 12. The van der Waals surface area contributed by atoms with E-state index in [1.807, 2.05) is 0 Å². The van der Waals surface area contributed by atoms with Gasteiger partial charge in [-0.2, -0.15) is 0 Å². The Bertz CT molecular complexity index is 528. The van der Waals surface area contributed by atoms with Crippen molar-refractivity contribution in [3.05, 3.63) is 23.8 Å². The molecule has 0 aromatic heterocycles. The lowest BCUT2D eigenvalue weighted by atomic mass is 10.1. The van der Waals surface area contributed by atoms with Gasteiger partial charge >= 0.3 is 5.97 Å². The number of carboxylic acids is 1. The molecule has 134 valence electrons. The Hall–Kier alpha value is -2.04. The number of nitrogens with one attached hydrogen (secondary N) is 1. The highest BCUT2D eigenvalue weighted by molar-refractivity contribution is 5.94. The molecule has 24 heavy (non-hydrogen) atoms. The quantitative estimate of drug-likeness (QED) is 0.472. The first-order valence-corrected chi connectivity index (χ1v) is 8.90. The van der Waals surface area contributed by atoms with Crippen LogP contribution in [0.25, 0.3) is 0 Å². The lowest BCUT2D eigenvalue weighted by Crippen LogP contribution is -2.11. The van der Waals surface area contributed by atoms with Crippen LogP contribution in [-0.2, 0) is 4.79 Å². The predicted molar refractivity (Wildman–Crippen MR) is 95.5 cm³/mol. The number of unbranched alkanes of at least 4 members (excludes halogenated alkanes) is 8. The second kappa shape index (κ2) is 11.5. The van der Waals surface area contributed by atoms with E-state index in [2.05, 4.69) is 12.2 Å². The molecule has 5 nitrogen and oxygen atoms in total. The van der Waals surface area contributed by atoms with Crippen LogP contribution < -0.4 is 5.32 Å². The summed E-state index contributed by atoms with van der Waals surface area (Å²) in [5.74, 6) is -1.65. The van der Waals surface area contributed by atoms with Gasteiger partial charge in [-0.05, 0) is 18.6 Å². The number of carbonyl (C=O) groups excluding carboxylic acids is 1. The molecule has 0 saturated heterocycles. The maximum Gasteiger partial charge on any atom is 0.339 e. The van der Waals surface area contributed by atoms with E-state index in [1.165, 1.54) is 56.7 Å². The zero-order chi connectivity index (χ0) is 17.8. The number of hydrogen-bond acceptors (Lipinski definition) is 3. The van der Waals surface area contributed by atoms with Crippen LogP contribution in [0, 0.1) is 0 Å². The molecule has 0 spiro atoms. The molecule has 0 aliphatic carbocycles. The smallest absolute Gasteiger partial charge is 0.339 e. The lowest BCUT2D eigenvalue weighted by molar-refractivity contribution is -0.116. The molecule has 0 saturated carbocycles. The van der Waals surface area contributed by atoms with Crippen molar-refractivity contribution < 1.29 is 19.8 Å². The SMILES string of the molecule is CCCCCCCCCCCC(=O)Nc1ccc(C(=O)O)c(O)c1. The van der Waals surface area contributed by atoms with Crippen molar-refractivity contribution in [2.75, 3.05) is 5.32 Å².